The summed E-state index contributed by atoms with van der Waals surface area (Å²) in [6, 6.07) is 15.2. The highest BCUT2D eigenvalue weighted by atomic mass is 16.7. The van der Waals surface area contributed by atoms with Crippen LogP contribution in [-0.2, 0) is 20.8 Å². The van der Waals surface area contributed by atoms with Crippen LogP contribution in [0.2, 0.25) is 0 Å². The Morgan fingerprint density at radius 2 is 1.67 bits per heavy atom. The summed E-state index contributed by atoms with van der Waals surface area (Å²) in [5.74, 6) is -0.566. The van der Waals surface area contributed by atoms with Gasteiger partial charge in [-0.3, -0.25) is 9.59 Å². The molecule has 0 aromatic heterocycles. The van der Waals surface area contributed by atoms with Gasteiger partial charge in [0, 0.05) is 24.9 Å². The minimum atomic E-state index is -0.829. The van der Waals surface area contributed by atoms with Gasteiger partial charge in [0.1, 0.15) is 6.04 Å². The SMILES string of the molecule is CNC(=O)c1ccc(NOC(=O)[C@H](Cc2ccccc2)NC(=O)C2CCC(CN)CC2)cc1. The lowest BCUT2D eigenvalue weighted by atomic mass is 9.81. The van der Waals surface area contributed by atoms with E-state index in [-0.39, 0.29) is 17.7 Å². The molecule has 0 heterocycles. The van der Waals surface area contributed by atoms with E-state index in [1.54, 1.807) is 31.3 Å². The quantitative estimate of drug-likeness (QED) is 0.434. The van der Waals surface area contributed by atoms with E-state index in [4.69, 9.17) is 10.6 Å². The van der Waals surface area contributed by atoms with Crippen molar-refractivity contribution in [1.29, 1.82) is 0 Å². The molecule has 0 bridgehead atoms. The van der Waals surface area contributed by atoms with Gasteiger partial charge in [-0.05, 0) is 68.0 Å². The molecular formula is C25H32N4O4. The number of carbonyl (C=O) groups is 3. The average molecular weight is 453 g/mol. The summed E-state index contributed by atoms with van der Waals surface area (Å²) in [4.78, 5) is 42.7. The van der Waals surface area contributed by atoms with Crippen LogP contribution in [0.5, 0.6) is 0 Å². The molecule has 2 aromatic carbocycles. The predicted molar refractivity (Wildman–Crippen MR) is 126 cm³/mol. The van der Waals surface area contributed by atoms with E-state index in [9.17, 15) is 14.4 Å². The summed E-state index contributed by atoms with van der Waals surface area (Å²) in [6.45, 7) is 0.646. The van der Waals surface area contributed by atoms with E-state index >= 15 is 0 Å². The third-order valence-electron chi connectivity index (χ3n) is 6.08. The summed E-state index contributed by atoms with van der Waals surface area (Å²) >= 11 is 0. The number of benzene rings is 2. The van der Waals surface area contributed by atoms with E-state index in [1.165, 1.54) is 0 Å². The predicted octanol–water partition coefficient (Wildman–Crippen LogP) is 2.41. The molecule has 1 aliphatic rings. The molecule has 3 rings (SSSR count). The Kier molecular flexibility index (Phi) is 8.83. The first-order valence-corrected chi connectivity index (χ1v) is 11.3. The van der Waals surface area contributed by atoms with Gasteiger partial charge in [0.15, 0.2) is 0 Å². The molecule has 0 aliphatic heterocycles. The van der Waals surface area contributed by atoms with Gasteiger partial charge in [-0.15, -0.1) is 0 Å². The minimum Gasteiger partial charge on any atom is -0.355 e. The molecule has 1 aliphatic carbocycles. The van der Waals surface area contributed by atoms with Crippen LogP contribution in [-0.4, -0.2) is 37.4 Å². The Balaban J connectivity index is 1.62. The van der Waals surface area contributed by atoms with Crippen molar-refractivity contribution in [2.45, 2.75) is 38.1 Å². The molecule has 33 heavy (non-hydrogen) atoms. The van der Waals surface area contributed by atoms with Crippen molar-refractivity contribution >= 4 is 23.5 Å². The van der Waals surface area contributed by atoms with E-state index in [1.807, 2.05) is 30.3 Å². The van der Waals surface area contributed by atoms with E-state index in [0.29, 0.717) is 30.1 Å². The number of hydrogen-bond acceptors (Lipinski definition) is 6. The number of amides is 2. The number of nitrogens with two attached hydrogens (primary N) is 1. The van der Waals surface area contributed by atoms with Gasteiger partial charge in [0.25, 0.3) is 5.91 Å². The fraction of sp³-hybridized carbons (Fsp3) is 0.400. The Morgan fingerprint density at radius 1 is 1.00 bits per heavy atom. The molecule has 5 N–H and O–H groups in total. The largest absolute Gasteiger partial charge is 0.355 e. The Hall–Kier alpha value is -3.39. The van der Waals surface area contributed by atoms with Crippen LogP contribution in [0.25, 0.3) is 0 Å². The second-order valence-corrected chi connectivity index (χ2v) is 8.38. The number of carbonyl (C=O) groups excluding carboxylic acids is 3. The van der Waals surface area contributed by atoms with Crippen molar-refractivity contribution in [2.75, 3.05) is 19.1 Å². The fourth-order valence-electron chi connectivity index (χ4n) is 4.01. The second-order valence-electron chi connectivity index (χ2n) is 8.38. The van der Waals surface area contributed by atoms with Crippen LogP contribution in [0.15, 0.2) is 54.6 Å². The lowest BCUT2D eigenvalue weighted by Gasteiger charge is -2.28. The molecule has 1 saturated carbocycles. The molecule has 8 nitrogen and oxygen atoms in total. The van der Waals surface area contributed by atoms with Crippen LogP contribution in [0.4, 0.5) is 5.69 Å². The first-order chi connectivity index (χ1) is 16.0. The first-order valence-electron chi connectivity index (χ1n) is 11.3. The van der Waals surface area contributed by atoms with Crippen LogP contribution in [0.1, 0.15) is 41.6 Å². The zero-order valence-electron chi connectivity index (χ0n) is 18.9. The second kappa shape index (κ2) is 12.0. The van der Waals surface area contributed by atoms with E-state index in [0.717, 1.165) is 31.2 Å². The highest BCUT2D eigenvalue weighted by Gasteiger charge is 2.30. The third-order valence-corrected chi connectivity index (χ3v) is 6.08. The summed E-state index contributed by atoms with van der Waals surface area (Å²) in [7, 11) is 1.56. The molecule has 0 saturated heterocycles. The van der Waals surface area contributed by atoms with Crippen LogP contribution in [0, 0.1) is 11.8 Å². The van der Waals surface area contributed by atoms with Crippen molar-refractivity contribution < 1.29 is 19.2 Å². The van der Waals surface area contributed by atoms with E-state index < -0.39 is 12.0 Å². The summed E-state index contributed by atoms with van der Waals surface area (Å²) in [5.41, 5.74) is 10.3. The van der Waals surface area contributed by atoms with Gasteiger partial charge in [-0.25, -0.2) is 10.3 Å². The lowest BCUT2D eigenvalue weighted by Crippen LogP contribution is -2.47. The van der Waals surface area contributed by atoms with Crippen molar-refractivity contribution in [2.24, 2.45) is 17.6 Å². The summed E-state index contributed by atoms with van der Waals surface area (Å²) < 4.78 is 0. The normalized spacial score (nSPS) is 18.6. The Labute approximate surface area is 194 Å². The smallest absolute Gasteiger partial charge is 0.354 e. The maximum absolute atomic E-state index is 12.9. The maximum atomic E-state index is 12.9. The molecular weight excluding hydrogens is 420 g/mol. The fourth-order valence-corrected chi connectivity index (χ4v) is 4.01. The molecule has 1 fully saturated rings. The molecule has 8 heteroatoms. The molecule has 2 amide bonds. The topological polar surface area (TPSA) is 123 Å². The maximum Gasteiger partial charge on any atom is 0.354 e. The molecule has 0 unspecified atom stereocenters. The van der Waals surface area contributed by atoms with Crippen LogP contribution < -0.4 is 21.8 Å². The molecule has 0 spiro atoms. The number of anilines is 1. The average Bonchev–Trinajstić information content (AvgIpc) is 2.87. The van der Waals surface area contributed by atoms with Crippen LogP contribution >= 0.6 is 0 Å². The van der Waals surface area contributed by atoms with Crippen molar-refractivity contribution in [3.63, 3.8) is 0 Å². The minimum absolute atomic E-state index is 0.121. The monoisotopic (exact) mass is 452 g/mol. The lowest BCUT2D eigenvalue weighted by molar-refractivity contribution is -0.145. The highest BCUT2D eigenvalue weighted by molar-refractivity contribution is 5.94. The number of nitrogens with one attached hydrogen (secondary N) is 3. The van der Waals surface area contributed by atoms with Gasteiger partial charge in [-0.2, -0.15) is 0 Å². The molecule has 0 radical (unpaired) electrons. The summed E-state index contributed by atoms with van der Waals surface area (Å²) in [6.07, 6.45) is 3.72. The molecule has 1 atom stereocenters. The number of hydrogen-bond donors (Lipinski definition) is 4. The van der Waals surface area contributed by atoms with Crippen molar-refractivity contribution in [3.8, 4) is 0 Å². The van der Waals surface area contributed by atoms with Gasteiger partial charge < -0.3 is 21.2 Å². The Morgan fingerprint density at radius 3 is 2.27 bits per heavy atom. The summed E-state index contributed by atoms with van der Waals surface area (Å²) in [5, 5.41) is 5.45. The zero-order chi connectivity index (χ0) is 23.6. The highest BCUT2D eigenvalue weighted by Crippen LogP contribution is 2.28. The number of rotatable bonds is 9. The molecule has 176 valence electrons. The Bertz CT molecular complexity index is 925. The van der Waals surface area contributed by atoms with Crippen molar-refractivity contribution in [1.82, 2.24) is 10.6 Å². The van der Waals surface area contributed by atoms with Gasteiger partial charge in [-0.1, -0.05) is 30.3 Å². The van der Waals surface area contributed by atoms with Crippen LogP contribution in [0.3, 0.4) is 0 Å². The van der Waals surface area contributed by atoms with Crippen molar-refractivity contribution in [3.05, 3.63) is 65.7 Å². The standard InChI is InChI=1S/C25H32N4O4/c1-27-23(30)19-11-13-21(14-12-19)29-33-25(32)22(15-17-5-3-2-4-6-17)28-24(31)20-9-7-18(16-26)8-10-20/h2-6,11-14,18,20,22,29H,7-10,15-16,26H2,1H3,(H,27,30)(H,28,31)/t18?,20?,22-/m0/s1. The van der Waals surface area contributed by atoms with Gasteiger partial charge >= 0.3 is 5.97 Å². The molecule has 2 aromatic rings. The third kappa shape index (κ3) is 7.05. The first kappa shape index (κ1) is 24.3. The zero-order valence-corrected chi connectivity index (χ0v) is 18.9. The van der Waals surface area contributed by atoms with Gasteiger partial charge in [0.05, 0.1) is 5.69 Å². The van der Waals surface area contributed by atoms with E-state index in [2.05, 4.69) is 16.1 Å². The van der Waals surface area contributed by atoms with Gasteiger partial charge in [0.2, 0.25) is 5.91 Å².